The highest BCUT2D eigenvalue weighted by molar-refractivity contribution is 5.92. The van der Waals surface area contributed by atoms with E-state index in [0.717, 1.165) is 28.6 Å². The van der Waals surface area contributed by atoms with E-state index in [9.17, 15) is 13.6 Å². The third kappa shape index (κ3) is 3.65. The fourth-order valence-electron chi connectivity index (χ4n) is 2.66. The second-order valence-corrected chi connectivity index (χ2v) is 5.82. The van der Waals surface area contributed by atoms with Gasteiger partial charge < -0.3 is 9.88 Å². The van der Waals surface area contributed by atoms with Crippen molar-refractivity contribution in [2.24, 2.45) is 0 Å². The maximum atomic E-state index is 13.8. The van der Waals surface area contributed by atoms with Crippen molar-refractivity contribution in [2.45, 2.75) is 20.3 Å². The van der Waals surface area contributed by atoms with Gasteiger partial charge in [0.05, 0.1) is 17.2 Å². The molecular formula is C18H18F2N4O. The Bertz CT molecular complexity index is 923. The lowest BCUT2D eigenvalue weighted by Gasteiger charge is -2.20. The summed E-state index contributed by atoms with van der Waals surface area (Å²) in [4.78, 5) is 25.2. The third-order valence-electron chi connectivity index (χ3n) is 3.98. The number of amides is 1. The third-order valence-corrected chi connectivity index (χ3v) is 3.98. The van der Waals surface area contributed by atoms with Crippen LogP contribution >= 0.6 is 0 Å². The molecule has 1 N–H and O–H groups in total. The number of pyridine rings is 1. The molecule has 0 saturated carbocycles. The average Bonchev–Trinajstić information content (AvgIpc) is 2.97. The molecule has 1 amide bonds. The van der Waals surface area contributed by atoms with Crippen LogP contribution in [0.1, 0.15) is 28.8 Å². The van der Waals surface area contributed by atoms with E-state index in [-0.39, 0.29) is 5.69 Å². The molecule has 0 fully saturated rings. The predicted molar refractivity (Wildman–Crippen MR) is 90.3 cm³/mol. The number of nitrogens with zero attached hydrogens (tertiary/aromatic N) is 3. The van der Waals surface area contributed by atoms with Crippen LogP contribution in [0.3, 0.4) is 0 Å². The van der Waals surface area contributed by atoms with Crippen LogP contribution < -0.4 is 0 Å². The van der Waals surface area contributed by atoms with Gasteiger partial charge in [-0.2, -0.15) is 0 Å². The molecule has 0 aliphatic heterocycles. The van der Waals surface area contributed by atoms with Crippen LogP contribution in [0.25, 0.3) is 11.0 Å². The van der Waals surface area contributed by atoms with Gasteiger partial charge in [0.2, 0.25) is 0 Å². The zero-order valence-corrected chi connectivity index (χ0v) is 14.0. The Morgan fingerprint density at radius 3 is 2.80 bits per heavy atom. The molecule has 0 unspecified atom stereocenters. The molecule has 0 bridgehead atoms. The molecule has 3 rings (SSSR count). The van der Waals surface area contributed by atoms with Crippen molar-refractivity contribution in [3.63, 3.8) is 0 Å². The smallest absolute Gasteiger partial charge is 0.275 e. The number of carbonyl (C=O) groups excluding carboxylic acids is 1. The fourth-order valence-corrected chi connectivity index (χ4v) is 2.66. The van der Waals surface area contributed by atoms with Crippen molar-refractivity contribution in [3.8, 4) is 0 Å². The summed E-state index contributed by atoms with van der Waals surface area (Å²) in [6.45, 7) is 4.53. The number of halogens is 2. The van der Waals surface area contributed by atoms with Gasteiger partial charge in [-0.05, 0) is 31.5 Å². The van der Waals surface area contributed by atoms with Gasteiger partial charge in [-0.25, -0.2) is 18.7 Å². The molecule has 0 spiro atoms. The molecule has 0 aliphatic carbocycles. The average molecular weight is 344 g/mol. The Labute approximate surface area is 143 Å². The first kappa shape index (κ1) is 17.0. The van der Waals surface area contributed by atoms with E-state index in [1.807, 2.05) is 25.1 Å². The fraction of sp³-hybridized carbons (Fsp3) is 0.278. The van der Waals surface area contributed by atoms with Crippen molar-refractivity contribution in [1.82, 2.24) is 19.9 Å². The van der Waals surface area contributed by atoms with E-state index in [4.69, 9.17) is 0 Å². The van der Waals surface area contributed by atoms with Gasteiger partial charge >= 0.3 is 0 Å². The number of hydrogen-bond acceptors (Lipinski definition) is 3. The number of benzene rings is 1. The van der Waals surface area contributed by atoms with Crippen LogP contribution in [0.4, 0.5) is 8.78 Å². The molecule has 0 radical (unpaired) electrons. The lowest BCUT2D eigenvalue weighted by molar-refractivity contribution is 0.0754. The number of aryl methyl sites for hydroxylation is 1. The number of nitrogens with one attached hydrogen (secondary N) is 1. The van der Waals surface area contributed by atoms with Crippen LogP contribution in [-0.4, -0.2) is 38.8 Å². The lowest BCUT2D eigenvalue weighted by Crippen LogP contribution is -2.34. The zero-order chi connectivity index (χ0) is 18.0. The van der Waals surface area contributed by atoms with Gasteiger partial charge in [0, 0.05) is 25.6 Å². The first-order chi connectivity index (χ1) is 12.0. The summed E-state index contributed by atoms with van der Waals surface area (Å²) in [5.74, 6) is -1.58. The normalized spacial score (nSPS) is 11.0. The molecule has 3 aromatic rings. The number of hydrogen-bond donors (Lipinski definition) is 1. The molecule has 0 aliphatic rings. The van der Waals surface area contributed by atoms with Crippen LogP contribution in [0.5, 0.6) is 0 Å². The standard InChI is InChI=1S/C18H18F2N4O/c1-3-24(18(25)17-13(20)9-12(19)10-21-17)7-6-16-22-14-5-4-11(2)8-15(14)23-16/h4-5,8-10H,3,6-7H2,1-2H3,(H,22,23). The topological polar surface area (TPSA) is 61.9 Å². The Morgan fingerprint density at radius 2 is 2.08 bits per heavy atom. The number of H-pyrrole nitrogens is 1. The first-order valence-electron chi connectivity index (χ1n) is 8.03. The lowest BCUT2D eigenvalue weighted by atomic mass is 10.2. The number of rotatable bonds is 5. The Balaban J connectivity index is 1.73. The predicted octanol–water partition coefficient (Wildman–Crippen LogP) is 3.25. The van der Waals surface area contributed by atoms with Gasteiger partial charge in [0.1, 0.15) is 11.6 Å². The Kier molecular flexibility index (Phi) is 4.74. The summed E-state index contributed by atoms with van der Waals surface area (Å²) < 4.78 is 26.7. The van der Waals surface area contributed by atoms with Gasteiger partial charge in [-0.3, -0.25) is 4.79 Å². The van der Waals surface area contributed by atoms with Crippen molar-refractivity contribution in [2.75, 3.05) is 13.1 Å². The van der Waals surface area contributed by atoms with Crippen LogP contribution in [0.2, 0.25) is 0 Å². The molecule has 0 atom stereocenters. The second kappa shape index (κ2) is 6.96. The summed E-state index contributed by atoms with van der Waals surface area (Å²) in [7, 11) is 0. The van der Waals surface area contributed by atoms with Crippen molar-refractivity contribution in [3.05, 3.63) is 59.2 Å². The van der Waals surface area contributed by atoms with Gasteiger partial charge in [-0.1, -0.05) is 6.07 Å². The molecule has 5 nitrogen and oxygen atoms in total. The van der Waals surface area contributed by atoms with E-state index >= 15 is 0 Å². The molecule has 0 saturated heterocycles. The van der Waals surface area contributed by atoms with Gasteiger partial charge in [0.15, 0.2) is 11.5 Å². The van der Waals surface area contributed by atoms with E-state index in [1.54, 1.807) is 6.92 Å². The first-order valence-corrected chi connectivity index (χ1v) is 8.03. The minimum atomic E-state index is -0.956. The minimum absolute atomic E-state index is 0.354. The van der Waals surface area contributed by atoms with Crippen LogP contribution in [-0.2, 0) is 6.42 Å². The summed E-state index contributed by atoms with van der Waals surface area (Å²) in [6.07, 6.45) is 1.34. The SMILES string of the molecule is CCN(CCc1nc2ccc(C)cc2[nH]1)C(=O)c1ncc(F)cc1F. The molecule has 2 aromatic heterocycles. The number of likely N-dealkylation sites (N-methyl/N-ethyl adjacent to an activating group) is 1. The van der Waals surface area contributed by atoms with Crippen molar-refractivity contribution in [1.29, 1.82) is 0 Å². The molecule has 25 heavy (non-hydrogen) atoms. The molecule has 130 valence electrons. The van der Waals surface area contributed by atoms with E-state index in [0.29, 0.717) is 25.6 Å². The highest BCUT2D eigenvalue weighted by Crippen LogP contribution is 2.14. The molecule has 2 heterocycles. The summed E-state index contributed by atoms with van der Waals surface area (Å²) >= 11 is 0. The largest absolute Gasteiger partial charge is 0.342 e. The highest BCUT2D eigenvalue weighted by atomic mass is 19.1. The summed E-state index contributed by atoms with van der Waals surface area (Å²) in [6, 6.07) is 6.59. The number of imidazole rings is 1. The maximum absolute atomic E-state index is 13.8. The van der Waals surface area contributed by atoms with Gasteiger partial charge in [-0.15, -0.1) is 0 Å². The van der Waals surface area contributed by atoms with Crippen LogP contribution in [0.15, 0.2) is 30.5 Å². The second-order valence-electron chi connectivity index (χ2n) is 5.82. The number of fused-ring (bicyclic) bond motifs is 1. The molecule has 7 heteroatoms. The Hall–Kier alpha value is -2.83. The Morgan fingerprint density at radius 1 is 1.28 bits per heavy atom. The summed E-state index contributed by atoms with van der Waals surface area (Å²) in [5, 5.41) is 0. The highest BCUT2D eigenvalue weighted by Gasteiger charge is 2.20. The van der Waals surface area contributed by atoms with Crippen molar-refractivity contribution < 1.29 is 13.6 Å². The van der Waals surface area contributed by atoms with Gasteiger partial charge in [0.25, 0.3) is 5.91 Å². The summed E-state index contributed by atoms with van der Waals surface area (Å²) in [5.41, 5.74) is 2.56. The van der Waals surface area contributed by atoms with Crippen LogP contribution in [0, 0.1) is 18.6 Å². The number of carbonyl (C=O) groups is 1. The quantitative estimate of drug-likeness (QED) is 0.773. The maximum Gasteiger partial charge on any atom is 0.275 e. The van der Waals surface area contributed by atoms with E-state index in [1.165, 1.54) is 4.90 Å². The number of aromatic amines is 1. The minimum Gasteiger partial charge on any atom is -0.342 e. The zero-order valence-electron chi connectivity index (χ0n) is 14.0. The monoisotopic (exact) mass is 344 g/mol. The molecule has 1 aromatic carbocycles. The van der Waals surface area contributed by atoms with E-state index in [2.05, 4.69) is 15.0 Å². The van der Waals surface area contributed by atoms with Crippen molar-refractivity contribution >= 4 is 16.9 Å². The molecular weight excluding hydrogens is 326 g/mol. The van der Waals surface area contributed by atoms with E-state index < -0.39 is 17.5 Å². The number of aromatic nitrogens is 3.